The fourth-order valence-electron chi connectivity index (χ4n) is 3.96. The standard InChI is InChI=1S/C23H24N4O2S/c1-16-6-2-5-9-19(16)27-22(28)21-20(17-7-3-4-8-18(17)24-21)25-23(27)30-15-12-26-10-13-29-14-11-26/h2-9,24H,10-15H2,1H3. The Morgan fingerprint density at radius 1 is 1.10 bits per heavy atom. The minimum absolute atomic E-state index is 0.0561. The van der Waals surface area contributed by atoms with E-state index < -0.39 is 0 Å². The molecule has 1 fully saturated rings. The first-order valence-electron chi connectivity index (χ1n) is 10.2. The minimum Gasteiger partial charge on any atom is -0.379 e. The second-order valence-electron chi connectivity index (χ2n) is 7.52. The maximum absolute atomic E-state index is 13.6. The number of fused-ring (bicyclic) bond motifs is 3. The molecule has 0 saturated carbocycles. The van der Waals surface area contributed by atoms with Crippen LogP contribution in [0.2, 0.25) is 0 Å². The Morgan fingerprint density at radius 2 is 1.87 bits per heavy atom. The van der Waals surface area contributed by atoms with Gasteiger partial charge in [-0.25, -0.2) is 4.98 Å². The van der Waals surface area contributed by atoms with Crippen molar-refractivity contribution in [2.75, 3.05) is 38.6 Å². The maximum atomic E-state index is 13.6. The van der Waals surface area contributed by atoms with E-state index in [-0.39, 0.29) is 5.56 Å². The predicted octanol–water partition coefficient (Wildman–Crippen LogP) is 3.60. The highest BCUT2D eigenvalue weighted by molar-refractivity contribution is 7.99. The fourth-order valence-corrected chi connectivity index (χ4v) is 4.95. The third-order valence-electron chi connectivity index (χ3n) is 5.59. The fraction of sp³-hybridized carbons (Fsp3) is 0.304. The number of hydrogen-bond donors (Lipinski definition) is 1. The van der Waals surface area contributed by atoms with Crippen molar-refractivity contribution in [1.82, 2.24) is 19.4 Å². The lowest BCUT2D eigenvalue weighted by Crippen LogP contribution is -2.37. The molecule has 0 atom stereocenters. The van der Waals surface area contributed by atoms with Crippen molar-refractivity contribution >= 4 is 33.7 Å². The maximum Gasteiger partial charge on any atom is 0.283 e. The molecule has 0 bridgehead atoms. The number of aromatic amines is 1. The van der Waals surface area contributed by atoms with Crippen LogP contribution in [-0.2, 0) is 4.74 Å². The van der Waals surface area contributed by atoms with E-state index in [1.807, 2.05) is 55.5 Å². The first-order valence-corrected chi connectivity index (χ1v) is 11.2. The molecule has 1 aliphatic heterocycles. The van der Waals surface area contributed by atoms with Gasteiger partial charge in [-0.3, -0.25) is 14.3 Å². The molecular weight excluding hydrogens is 396 g/mol. The molecule has 0 amide bonds. The van der Waals surface area contributed by atoms with Crippen molar-refractivity contribution in [3.05, 3.63) is 64.4 Å². The van der Waals surface area contributed by atoms with Crippen LogP contribution in [0.25, 0.3) is 27.6 Å². The molecule has 154 valence electrons. The summed E-state index contributed by atoms with van der Waals surface area (Å²) in [6, 6.07) is 15.9. The van der Waals surface area contributed by atoms with Crippen LogP contribution in [0.3, 0.4) is 0 Å². The molecular formula is C23H24N4O2S. The Morgan fingerprint density at radius 3 is 2.70 bits per heavy atom. The highest BCUT2D eigenvalue weighted by atomic mass is 32.2. The summed E-state index contributed by atoms with van der Waals surface area (Å²) in [7, 11) is 0. The molecule has 0 aliphatic carbocycles. The Hall–Kier alpha value is -2.61. The largest absolute Gasteiger partial charge is 0.379 e. The van der Waals surface area contributed by atoms with E-state index in [4.69, 9.17) is 9.72 Å². The van der Waals surface area contributed by atoms with Crippen LogP contribution in [0, 0.1) is 6.92 Å². The van der Waals surface area contributed by atoms with Gasteiger partial charge < -0.3 is 9.72 Å². The summed E-state index contributed by atoms with van der Waals surface area (Å²) < 4.78 is 7.20. The summed E-state index contributed by atoms with van der Waals surface area (Å²) in [5, 5.41) is 1.72. The molecule has 0 spiro atoms. The van der Waals surface area contributed by atoms with Gasteiger partial charge in [-0.1, -0.05) is 48.2 Å². The normalized spacial score (nSPS) is 15.2. The van der Waals surface area contributed by atoms with Crippen LogP contribution in [-0.4, -0.2) is 58.0 Å². The number of benzene rings is 2. The van der Waals surface area contributed by atoms with Crippen LogP contribution in [0.1, 0.15) is 5.56 Å². The van der Waals surface area contributed by atoms with Crippen molar-refractivity contribution in [1.29, 1.82) is 0 Å². The van der Waals surface area contributed by atoms with Crippen LogP contribution >= 0.6 is 11.8 Å². The number of nitrogens with zero attached hydrogens (tertiary/aromatic N) is 3. The molecule has 0 unspecified atom stereocenters. The van der Waals surface area contributed by atoms with Gasteiger partial charge in [0.15, 0.2) is 5.16 Å². The first kappa shape index (κ1) is 19.4. The van der Waals surface area contributed by atoms with E-state index in [1.165, 1.54) is 0 Å². The molecule has 1 N–H and O–H groups in total. The first-order chi connectivity index (χ1) is 14.7. The predicted molar refractivity (Wildman–Crippen MR) is 122 cm³/mol. The third-order valence-corrected chi connectivity index (χ3v) is 6.51. The lowest BCUT2D eigenvalue weighted by Gasteiger charge is -2.26. The zero-order valence-corrected chi connectivity index (χ0v) is 17.7. The number of hydrogen-bond acceptors (Lipinski definition) is 5. The van der Waals surface area contributed by atoms with E-state index >= 15 is 0 Å². The van der Waals surface area contributed by atoms with Gasteiger partial charge in [-0.2, -0.15) is 0 Å². The average molecular weight is 421 g/mol. The number of para-hydroxylation sites is 2. The van der Waals surface area contributed by atoms with E-state index in [2.05, 4.69) is 9.88 Å². The number of ether oxygens (including phenoxy) is 1. The minimum atomic E-state index is -0.0561. The number of aryl methyl sites for hydroxylation is 1. The highest BCUT2D eigenvalue weighted by Crippen LogP contribution is 2.27. The quantitative estimate of drug-likeness (QED) is 0.395. The van der Waals surface area contributed by atoms with Crippen LogP contribution < -0.4 is 5.56 Å². The van der Waals surface area contributed by atoms with E-state index in [0.29, 0.717) is 5.52 Å². The molecule has 2 aromatic carbocycles. The van der Waals surface area contributed by atoms with E-state index in [0.717, 1.165) is 71.4 Å². The molecule has 2 aromatic heterocycles. The Kier molecular flexibility index (Phi) is 5.33. The molecule has 4 aromatic rings. The second-order valence-corrected chi connectivity index (χ2v) is 8.58. The van der Waals surface area contributed by atoms with Crippen molar-refractivity contribution in [2.45, 2.75) is 12.1 Å². The topological polar surface area (TPSA) is 63.1 Å². The lowest BCUT2D eigenvalue weighted by atomic mass is 10.2. The monoisotopic (exact) mass is 420 g/mol. The van der Waals surface area contributed by atoms with Crippen molar-refractivity contribution in [3.63, 3.8) is 0 Å². The summed E-state index contributed by atoms with van der Waals surface area (Å²) in [5.74, 6) is 0.867. The zero-order valence-electron chi connectivity index (χ0n) is 16.9. The van der Waals surface area contributed by atoms with Gasteiger partial charge in [0.05, 0.1) is 18.9 Å². The number of nitrogens with one attached hydrogen (secondary N) is 1. The summed E-state index contributed by atoms with van der Waals surface area (Å²) in [4.78, 5) is 24.2. The SMILES string of the molecule is Cc1ccccc1-n1c(SCCN2CCOCC2)nc2c([nH]c3ccccc32)c1=O. The third kappa shape index (κ3) is 3.53. The van der Waals surface area contributed by atoms with Crippen LogP contribution in [0.4, 0.5) is 0 Å². The van der Waals surface area contributed by atoms with Crippen molar-refractivity contribution in [2.24, 2.45) is 0 Å². The Balaban J connectivity index is 1.60. The van der Waals surface area contributed by atoms with Crippen molar-refractivity contribution < 1.29 is 4.74 Å². The number of rotatable bonds is 5. The van der Waals surface area contributed by atoms with Crippen LogP contribution in [0.5, 0.6) is 0 Å². The smallest absolute Gasteiger partial charge is 0.283 e. The van der Waals surface area contributed by atoms with Gasteiger partial charge >= 0.3 is 0 Å². The molecule has 0 radical (unpaired) electrons. The number of thioether (sulfide) groups is 1. The summed E-state index contributed by atoms with van der Waals surface area (Å²) >= 11 is 1.64. The van der Waals surface area contributed by atoms with Gasteiger partial charge in [0.2, 0.25) is 0 Å². The van der Waals surface area contributed by atoms with Crippen LogP contribution in [0.15, 0.2) is 58.5 Å². The molecule has 6 nitrogen and oxygen atoms in total. The average Bonchev–Trinajstić information content (AvgIpc) is 3.15. The summed E-state index contributed by atoms with van der Waals surface area (Å²) in [5.41, 5.74) is 4.10. The van der Waals surface area contributed by atoms with E-state index in [1.54, 1.807) is 16.3 Å². The van der Waals surface area contributed by atoms with Gasteiger partial charge in [0.25, 0.3) is 5.56 Å². The number of H-pyrrole nitrogens is 1. The molecule has 1 saturated heterocycles. The van der Waals surface area contributed by atoms with Gasteiger partial charge in [0.1, 0.15) is 11.0 Å². The Labute approximate surface area is 178 Å². The summed E-state index contributed by atoms with van der Waals surface area (Å²) in [6.07, 6.45) is 0. The van der Waals surface area contributed by atoms with Crippen molar-refractivity contribution in [3.8, 4) is 5.69 Å². The molecule has 7 heteroatoms. The molecule has 30 heavy (non-hydrogen) atoms. The van der Waals surface area contributed by atoms with Gasteiger partial charge in [-0.15, -0.1) is 0 Å². The molecule has 5 rings (SSSR count). The molecule has 3 heterocycles. The highest BCUT2D eigenvalue weighted by Gasteiger charge is 2.18. The number of aromatic nitrogens is 3. The Bertz CT molecular complexity index is 1260. The zero-order chi connectivity index (χ0) is 20.5. The lowest BCUT2D eigenvalue weighted by molar-refractivity contribution is 0.0410. The number of morpholine rings is 1. The molecule has 1 aliphatic rings. The summed E-state index contributed by atoms with van der Waals surface area (Å²) in [6.45, 7) is 6.47. The second kappa shape index (κ2) is 8.26. The van der Waals surface area contributed by atoms with E-state index in [9.17, 15) is 4.79 Å². The van der Waals surface area contributed by atoms with Gasteiger partial charge in [0, 0.05) is 36.3 Å². The van der Waals surface area contributed by atoms with Gasteiger partial charge in [-0.05, 0) is 24.6 Å².